The summed E-state index contributed by atoms with van der Waals surface area (Å²) in [5, 5.41) is 16.0. The number of hydrogen-bond donors (Lipinski definition) is 2. The summed E-state index contributed by atoms with van der Waals surface area (Å²) in [6.07, 6.45) is 3.81. The Labute approximate surface area is 125 Å². The van der Waals surface area contributed by atoms with Crippen molar-refractivity contribution < 1.29 is 24.6 Å². The van der Waals surface area contributed by atoms with E-state index in [9.17, 15) is 14.4 Å². The minimum Gasteiger partial charge on any atom is -0.478 e. The molecule has 0 atom stereocenters. The third kappa shape index (κ3) is 11.2. The molecular weight excluding hydrogens is 274 g/mol. The summed E-state index contributed by atoms with van der Waals surface area (Å²) in [4.78, 5) is 31.7. The van der Waals surface area contributed by atoms with Gasteiger partial charge in [0.25, 0.3) is 0 Å². The lowest BCUT2D eigenvalue weighted by molar-refractivity contribution is -0.133. The molecule has 0 spiro atoms. The van der Waals surface area contributed by atoms with Gasteiger partial charge in [-0.3, -0.25) is 4.79 Å². The molecule has 0 aromatic heterocycles. The summed E-state index contributed by atoms with van der Waals surface area (Å²) in [7, 11) is 0. The molecule has 6 heteroatoms. The van der Waals surface area contributed by atoms with Crippen molar-refractivity contribution in [2.45, 2.75) is 33.1 Å². The Balaban J connectivity index is 0. The minimum absolute atomic E-state index is 0.176. The van der Waals surface area contributed by atoms with Gasteiger partial charge < -0.3 is 15.1 Å². The Bertz CT molecular complexity index is 414. The van der Waals surface area contributed by atoms with E-state index in [1.807, 2.05) is 0 Å². The zero-order valence-electron chi connectivity index (χ0n) is 12.6. The highest BCUT2D eigenvalue weighted by Gasteiger charge is 2.15. The van der Waals surface area contributed by atoms with Gasteiger partial charge in [-0.1, -0.05) is 26.7 Å². The second-order valence-corrected chi connectivity index (χ2v) is 4.22. The summed E-state index contributed by atoms with van der Waals surface area (Å²) in [5.74, 6) is -1.63. The molecule has 0 aromatic carbocycles. The number of aliphatic carboxylic acids is 2. The third-order valence-corrected chi connectivity index (χ3v) is 2.42. The van der Waals surface area contributed by atoms with E-state index in [1.54, 1.807) is 18.0 Å². The molecule has 6 nitrogen and oxygen atoms in total. The fourth-order valence-corrected chi connectivity index (χ4v) is 1.01. The van der Waals surface area contributed by atoms with E-state index in [0.29, 0.717) is 12.8 Å². The molecule has 1 saturated heterocycles. The Morgan fingerprint density at radius 2 is 1.76 bits per heavy atom. The highest BCUT2D eigenvalue weighted by molar-refractivity contribution is 5.85. The molecular formula is C15H23NO5. The van der Waals surface area contributed by atoms with Crippen LogP contribution in [0.3, 0.4) is 0 Å². The van der Waals surface area contributed by atoms with Gasteiger partial charge in [-0.2, -0.15) is 0 Å². The molecule has 0 aromatic rings. The Hall–Kier alpha value is -2.37. The molecule has 1 aliphatic heterocycles. The van der Waals surface area contributed by atoms with Gasteiger partial charge in [-0.15, -0.1) is 0 Å². The van der Waals surface area contributed by atoms with Gasteiger partial charge in [0.1, 0.15) is 0 Å². The molecule has 0 saturated carbocycles. The van der Waals surface area contributed by atoms with Gasteiger partial charge >= 0.3 is 11.9 Å². The molecule has 118 valence electrons. The molecule has 1 rings (SSSR count). The van der Waals surface area contributed by atoms with E-state index in [-0.39, 0.29) is 17.1 Å². The Kier molecular flexibility index (Phi) is 11.4. The van der Waals surface area contributed by atoms with Crippen LogP contribution in [0.2, 0.25) is 0 Å². The van der Waals surface area contributed by atoms with Crippen LogP contribution < -0.4 is 0 Å². The van der Waals surface area contributed by atoms with Crippen LogP contribution in [0.5, 0.6) is 0 Å². The second kappa shape index (κ2) is 11.5. The van der Waals surface area contributed by atoms with E-state index < -0.39 is 11.9 Å². The number of carbonyl (C=O) groups excluding carboxylic acids is 1. The van der Waals surface area contributed by atoms with Crippen molar-refractivity contribution in [3.63, 3.8) is 0 Å². The fourth-order valence-electron chi connectivity index (χ4n) is 1.01. The maximum atomic E-state index is 10.7. The van der Waals surface area contributed by atoms with Crippen molar-refractivity contribution in [1.82, 2.24) is 4.90 Å². The highest BCUT2D eigenvalue weighted by atomic mass is 16.4. The number of rotatable bonds is 4. The first-order valence-electron chi connectivity index (χ1n) is 6.39. The molecule has 1 heterocycles. The Morgan fingerprint density at radius 1 is 1.29 bits per heavy atom. The van der Waals surface area contributed by atoms with Crippen LogP contribution in [-0.4, -0.2) is 39.5 Å². The summed E-state index contributed by atoms with van der Waals surface area (Å²) >= 11 is 0. The average molecular weight is 297 g/mol. The van der Waals surface area contributed by atoms with Crippen LogP contribution in [0.1, 0.15) is 33.1 Å². The van der Waals surface area contributed by atoms with Crippen molar-refractivity contribution >= 4 is 17.8 Å². The molecule has 1 aliphatic rings. The van der Waals surface area contributed by atoms with Gasteiger partial charge in [-0.05, 0) is 26.0 Å². The first kappa shape index (κ1) is 20.9. The zero-order chi connectivity index (χ0) is 17.0. The van der Waals surface area contributed by atoms with Gasteiger partial charge in [0, 0.05) is 24.1 Å². The van der Waals surface area contributed by atoms with Crippen LogP contribution in [-0.2, 0) is 14.4 Å². The lowest BCUT2D eigenvalue weighted by Gasteiger charge is -2.05. The molecule has 2 N–H and O–H groups in total. The number of carboxylic acids is 2. The van der Waals surface area contributed by atoms with Crippen LogP contribution in [0.4, 0.5) is 0 Å². The van der Waals surface area contributed by atoms with Crippen LogP contribution >= 0.6 is 0 Å². The predicted molar refractivity (Wildman–Crippen MR) is 80.7 cm³/mol. The molecule has 0 radical (unpaired) electrons. The maximum Gasteiger partial charge on any atom is 0.330 e. The summed E-state index contributed by atoms with van der Waals surface area (Å²) < 4.78 is 0. The van der Waals surface area contributed by atoms with E-state index in [1.165, 1.54) is 6.92 Å². The van der Waals surface area contributed by atoms with Crippen LogP contribution in [0, 0.1) is 0 Å². The smallest absolute Gasteiger partial charge is 0.330 e. The molecule has 0 bridgehead atoms. The van der Waals surface area contributed by atoms with Gasteiger partial charge in [0.05, 0.1) is 0 Å². The van der Waals surface area contributed by atoms with E-state index >= 15 is 0 Å². The second-order valence-electron chi connectivity index (χ2n) is 4.22. The number of amides is 1. The maximum absolute atomic E-state index is 10.7. The number of likely N-dealkylation sites (tertiary alicyclic amines) is 1. The van der Waals surface area contributed by atoms with Gasteiger partial charge in [0.2, 0.25) is 5.91 Å². The zero-order valence-corrected chi connectivity index (χ0v) is 12.6. The third-order valence-electron chi connectivity index (χ3n) is 2.42. The molecule has 21 heavy (non-hydrogen) atoms. The van der Waals surface area contributed by atoms with Crippen molar-refractivity contribution in [3.8, 4) is 0 Å². The van der Waals surface area contributed by atoms with E-state index in [0.717, 1.165) is 13.0 Å². The first-order valence-corrected chi connectivity index (χ1v) is 6.39. The highest BCUT2D eigenvalue weighted by Crippen LogP contribution is 2.08. The molecule has 1 fully saturated rings. The van der Waals surface area contributed by atoms with Crippen molar-refractivity contribution in [2.24, 2.45) is 0 Å². The van der Waals surface area contributed by atoms with E-state index in [2.05, 4.69) is 19.7 Å². The van der Waals surface area contributed by atoms with Gasteiger partial charge in [-0.25, -0.2) is 9.59 Å². The van der Waals surface area contributed by atoms with E-state index in [4.69, 9.17) is 10.2 Å². The fraction of sp³-hybridized carbons (Fsp3) is 0.400. The van der Waals surface area contributed by atoms with Crippen LogP contribution in [0.15, 0.2) is 37.1 Å². The van der Waals surface area contributed by atoms with Crippen LogP contribution in [0.25, 0.3) is 0 Å². The largest absolute Gasteiger partial charge is 0.478 e. The number of carbonyl (C=O) groups is 3. The lowest BCUT2D eigenvalue weighted by Crippen LogP contribution is -2.16. The number of nitrogens with zero attached hydrogens (tertiary/aromatic N) is 1. The lowest BCUT2D eigenvalue weighted by atomic mass is 10.2. The summed E-state index contributed by atoms with van der Waals surface area (Å²) in [6.45, 7) is 14.0. The predicted octanol–water partition coefficient (Wildman–Crippen LogP) is 2.44. The quantitative estimate of drug-likeness (QED) is 0.777. The summed E-state index contributed by atoms with van der Waals surface area (Å²) in [6, 6.07) is 0. The number of hydrogen-bond acceptors (Lipinski definition) is 3. The average Bonchev–Trinajstić information content (AvgIpc) is 2.84. The monoisotopic (exact) mass is 297 g/mol. The first-order chi connectivity index (χ1) is 9.67. The normalized spacial score (nSPS) is 12.3. The standard InChI is InChI=1S/C6H9NO.C5H8O2.C4H6O2/c1-2-7-5-3-4-6(7)8;1-3-4(2)5(6)7;1-3(2)4(5)6/h2H,1,3-5H2;2-3H2,1H3,(H,6,7);1H2,2H3,(H,5,6). The molecule has 0 aliphatic carbocycles. The topological polar surface area (TPSA) is 94.9 Å². The Morgan fingerprint density at radius 3 is 1.86 bits per heavy atom. The SMILES string of the molecule is C=C(C)C(=O)O.C=C(CC)C(=O)O.C=CN1CCCC1=O. The minimum atomic E-state index is -0.935. The van der Waals surface area contributed by atoms with Crippen molar-refractivity contribution in [1.29, 1.82) is 0 Å². The summed E-state index contributed by atoms with van der Waals surface area (Å²) in [5.41, 5.74) is 0.440. The molecule has 1 amide bonds. The van der Waals surface area contributed by atoms with Crippen molar-refractivity contribution in [3.05, 3.63) is 37.1 Å². The molecule has 0 unspecified atom stereocenters. The van der Waals surface area contributed by atoms with Crippen molar-refractivity contribution in [2.75, 3.05) is 6.54 Å². The number of carboxylic acid groups (broad SMARTS) is 2. The van der Waals surface area contributed by atoms with Gasteiger partial charge in [0.15, 0.2) is 0 Å².